The summed E-state index contributed by atoms with van der Waals surface area (Å²) in [5.74, 6) is 0.104. The van der Waals surface area contributed by atoms with Crippen LogP contribution in [-0.4, -0.2) is 47.9 Å². The molecule has 2 atom stereocenters. The van der Waals surface area contributed by atoms with E-state index < -0.39 is 0 Å². The Labute approximate surface area is 104 Å². The van der Waals surface area contributed by atoms with Gasteiger partial charge in [0.05, 0.1) is 12.5 Å². The molecule has 1 rings (SSSR count). The second-order valence-corrected chi connectivity index (χ2v) is 4.87. The number of nitrogens with zero attached hydrogens (tertiary/aromatic N) is 3. The molecule has 4 heteroatoms. The molecule has 1 aliphatic heterocycles. The fourth-order valence-corrected chi connectivity index (χ4v) is 2.37. The second-order valence-electron chi connectivity index (χ2n) is 4.87. The number of hydrogen-bond donors (Lipinski definition) is 0. The molecule has 0 spiro atoms. The Kier molecular flexibility index (Phi) is 5.43. The van der Waals surface area contributed by atoms with Gasteiger partial charge in [0, 0.05) is 19.6 Å². The molecule has 1 heterocycles. The molecular weight excluding hydrogens is 214 g/mol. The van der Waals surface area contributed by atoms with E-state index in [-0.39, 0.29) is 11.9 Å². The fourth-order valence-electron chi connectivity index (χ4n) is 2.37. The average Bonchev–Trinajstić information content (AvgIpc) is 2.41. The molecule has 4 nitrogen and oxygen atoms in total. The molecule has 2 unspecified atom stereocenters. The minimum absolute atomic E-state index is 0.104. The first-order chi connectivity index (χ1) is 8.11. The van der Waals surface area contributed by atoms with Gasteiger partial charge in [-0.05, 0) is 26.3 Å². The normalized spacial score (nSPS) is 26.7. The van der Waals surface area contributed by atoms with Gasteiger partial charge in [0.2, 0.25) is 5.91 Å². The lowest BCUT2D eigenvalue weighted by atomic mass is 10.1. The van der Waals surface area contributed by atoms with Crippen LogP contribution in [0, 0.1) is 11.3 Å². The molecule has 0 aliphatic carbocycles. The van der Waals surface area contributed by atoms with E-state index in [1.54, 1.807) is 4.90 Å². The molecule has 0 aromatic rings. The van der Waals surface area contributed by atoms with Crippen LogP contribution in [0.5, 0.6) is 0 Å². The summed E-state index contributed by atoms with van der Waals surface area (Å²) in [6.45, 7) is 6.02. The zero-order chi connectivity index (χ0) is 12.8. The highest BCUT2D eigenvalue weighted by molar-refractivity contribution is 5.82. The van der Waals surface area contributed by atoms with Crippen LogP contribution < -0.4 is 0 Å². The van der Waals surface area contributed by atoms with E-state index in [1.165, 1.54) is 0 Å². The number of rotatable bonds is 4. The van der Waals surface area contributed by atoms with Crippen molar-refractivity contribution >= 4 is 5.91 Å². The SMILES string of the molecule is CCCCN1C(C)CCN(C)C(=O)C1CC#N. The van der Waals surface area contributed by atoms with E-state index in [9.17, 15) is 4.79 Å². The molecule has 0 N–H and O–H groups in total. The fraction of sp³-hybridized carbons (Fsp3) is 0.846. The maximum atomic E-state index is 12.2. The quantitative estimate of drug-likeness (QED) is 0.746. The van der Waals surface area contributed by atoms with Crippen molar-refractivity contribution in [2.45, 2.75) is 51.6 Å². The summed E-state index contributed by atoms with van der Waals surface area (Å²) in [5.41, 5.74) is 0. The van der Waals surface area contributed by atoms with E-state index in [0.717, 1.165) is 32.4 Å². The van der Waals surface area contributed by atoms with Crippen LogP contribution in [0.15, 0.2) is 0 Å². The van der Waals surface area contributed by atoms with Gasteiger partial charge >= 0.3 is 0 Å². The van der Waals surface area contributed by atoms with Crippen LogP contribution >= 0.6 is 0 Å². The van der Waals surface area contributed by atoms with Gasteiger partial charge in [0.15, 0.2) is 0 Å². The van der Waals surface area contributed by atoms with Gasteiger partial charge < -0.3 is 4.90 Å². The summed E-state index contributed by atoms with van der Waals surface area (Å²) < 4.78 is 0. The number of likely N-dealkylation sites (N-methyl/N-ethyl adjacent to an activating group) is 1. The predicted molar refractivity (Wildman–Crippen MR) is 67.3 cm³/mol. The summed E-state index contributed by atoms with van der Waals surface area (Å²) in [6.07, 6.45) is 3.50. The molecule has 1 amide bonds. The van der Waals surface area contributed by atoms with E-state index in [4.69, 9.17) is 5.26 Å². The number of hydrogen-bond acceptors (Lipinski definition) is 3. The molecule has 1 aliphatic rings. The van der Waals surface area contributed by atoms with E-state index in [1.807, 2.05) is 7.05 Å². The molecule has 0 radical (unpaired) electrons. The van der Waals surface area contributed by atoms with Crippen molar-refractivity contribution in [1.29, 1.82) is 5.26 Å². The van der Waals surface area contributed by atoms with Gasteiger partial charge in [-0.1, -0.05) is 13.3 Å². The maximum Gasteiger partial charge on any atom is 0.240 e. The highest BCUT2D eigenvalue weighted by Gasteiger charge is 2.33. The Balaban J connectivity index is 2.84. The van der Waals surface area contributed by atoms with E-state index in [2.05, 4.69) is 24.8 Å². The summed E-state index contributed by atoms with van der Waals surface area (Å²) in [5, 5.41) is 8.90. The molecule has 1 saturated heterocycles. The van der Waals surface area contributed by atoms with E-state index >= 15 is 0 Å². The largest absolute Gasteiger partial charge is 0.344 e. The third-order valence-corrected chi connectivity index (χ3v) is 3.56. The van der Waals surface area contributed by atoms with Crippen LogP contribution in [0.25, 0.3) is 0 Å². The first kappa shape index (κ1) is 14.0. The lowest BCUT2D eigenvalue weighted by molar-refractivity contribution is -0.134. The summed E-state index contributed by atoms with van der Waals surface area (Å²) in [7, 11) is 1.84. The Morgan fingerprint density at radius 3 is 2.82 bits per heavy atom. The zero-order valence-corrected chi connectivity index (χ0v) is 11.1. The molecule has 0 aromatic heterocycles. The minimum atomic E-state index is -0.242. The maximum absolute atomic E-state index is 12.2. The van der Waals surface area contributed by atoms with Crippen LogP contribution in [0.2, 0.25) is 0 Å². The smallest absolute Gasteiger partial charge is 0.240 e. The van der Waals surface area contributed by atoms with Crippen molar-refractivity contribution in [3.8, 4) is 6.07 Å². The molecule has 1 fully saturated rings. The van der Waals surface area contributed by atoms with Gasteiger partial charge in [-0.2, -0.15) is 5.26 Å². The third-order valence-electron chi connectivity index (χ3n) is 3.56. The van der Waals surface area contributed by atoms with Crippen LogP contribution in [0.3, 0.4) is 0 Å². The number of nitriles is 1. The lowest BCUT2D eigenvalue weighted by Crippen LogP contribution is -2.47. The second kappa shape index (κ2) is 6.61. The zero-order valence-electron chi connectivity index (χ0n) is 11.1. The van der Waals surface area contributed by atoms with Gasteiger partial charge in [-0.15, -0.1) is 0 Å². The molecule has 0 aromatic carbocycles. The van der Waals surface area contributed by atoms with Crippen molar-refractivity contribution in [3.63, 3.8) is 0 Å². The van der Waals surface area contributed by atoms with Crippen LogP contribution in [0.4, 0.5) is 0 Å². The molecule has 96 valence electrons. The lowest BCUT2D eigenvalue weighted by Gasteiger charge is -2.32. The third kappa shape index (κ3) is 3.44. The van der Waals surface area contributed by atoms with Gasteiger partial charge in [0.1, 0.15) is 6.04 Å². The van der Waals surface area contributed by atoms with Crippen molar-refractivity contribution in [1.82, 2.24) is 9.80 Å². The van der Waals surface area contributed by atoms with Gasteiger partial charge in [-0.3, -0.25) is 9.69 Å². The van der Waals surface area contributed by atoms with Crippen molar-refractivity contribution in [2.75, 3.05) is 20.1 Å². The van der Waals surface area contributed by atoms with Crippen molar-refractivity contribution in [2.24, 2.45) is 0 Å². The van der Waals surface area contributed by atoms with Gasteiger partial charge in [0.25, 0.3) is 0 Å². The Morgan fingerprint density at radius 1 is 1.53 bits per heavy atom. The first-order valence-corrected chi connectivity index (χ1v) is 6.49. The summed E-state index contributed by atoms with van der Waals surface area (Å²) in [4.78, 5) is 16.2. The molecule has 17 heavy (non-hydrogen) atoms. The number of unbranched alkanes of at least 4 members (excludes halogenated alkanes) is 1. The van der Waals surface area contributed by atoms with Gasteiger partial charge in [-0.25, -0.2) is 0 Å². The van der Waals surface area contributed by atoms with Crippen molar-refractivity contribution in [3.05, 3.63) is 0 Å². The Hall–Kier alpha value is -1.08. The first-order valence-electron chi connectivity index (χ1n) is 6.49. The topological polar surface area (TPSA) is 47.3 Å². The number of carbonyl (C=O) groups is 1. The number of carbonyl (C=O) groups excluding carboxylic acids is 1. The Bertz CT molecular complexity index is 298. The van der Waals surface area contributed by atoms with Crippen LogP contribution in [-0.2, 0) is 4.79 Å². The predicted octanol–water partition coefficient (Wildman–Crippen LogP) is 1.62. The summed E-state index contributed by atoms with van der Waals surface area (Å²) >= 11 is 0. The molecule has 0 bridgehead atoms. The highest BCUT2D eigenvalue weighted by atomic mass is 16.2. The highest BCUT2D eigenvalue weighted by Crippen LogP contribution is 2.19. The van der Waals surface area contributed by atoms with Crippen molar-refractivity contribution < 1.29 is 4.79 Å². The average molecular weight is 237 g/mol. The number of amides is 1. The monoisotopic (exact) mass is 237 g/mol. The molecule has 0 saturated carbocycles. The Morgan fingerprint density at radius 2 is 2.24 bits per heavy atom. The van der Waals surface area contributed by atoms with Crippen LogP contribution in [0.1, 0.15) is 39.5 Å². The van der Waals surface area contributed by atoms with E-state index in [0.29, 0.717) is 12.5 Å². The molecular formula is C13H23N3O. The minimum Gasteiger partial charge on any atom is -0.344 e. The standard InChI is InChI=1S/C13H23N3O/c1-4-5-9-16-11(2)7-10-15(3)13(17)12(16)6-8-14/h11-12H,4-7,9-10H2,1-3H3. The summed E-state index contributed by atoms with van der Waals surface area (Å²) in [6, 6.07) is 2.30.